The highest BCUT2D eigenvalue weighted by molar-refractivity contribution is 7.90. The van der Waals surface area contributed by atoms with Crippen molar-refractivity contribution in [3.8, 4) is 0 Å². The molecule has 1 aromatic heterocycles. The molecular weight excluding hydrogens is 441 g/mol. The zero-order chi connectivity index (χ0) is 23.4. The van der Waals surface area contributed by atoms with Crippen molar-refractivity contribution in [3.63, 3.8) is 0 Å². The number of amides is 1. The maximum atomic E-state index is 13.7. The van der Waals surface area contributed by atoms with Crippen molar-refractivity contribution in [1.29, 1.82) is 0 Å². The fourth-order valence-corrected chi connectivity index (χ4v) is 5.28. The molecule has 0 aliphatic heterocycles. The van der Waals surface area contributed by atoms with Gasteiger partial charge in [-0.05, 0) is 42.5 Å². The summed E-state index contributed by atoms with van der Waals surface area (Å²) in [7, 11) is -3.72. The van der Waals surface area contributed by atoms with Gasteiger partial charge in [-0.2, -0.15) is 0 Å². The van der Waals surface area contributed by atoms with Gasteiger partial charge in [-0.15, -0.1) is 6.58 Å². The molecule has 1 aliphatic carbocycles. The van der Waals surface area contributed by atoms with Gasteiger partial charge in [0, 0.05) is 18.7 Å². The fraction of sp³-hybridized carbons (Fsp3) is 0.280. The standard InChI is InChI=1S/C25H26FN3O3S/c1-2-13-29-23(15-27-25(29)33(31,32)18-20-7-4-3-5-8-20)17-28(16-19-11-12-19)24(30)21-9-6-10-22(26)14-21/h2-10,14-15,19H,1,11-13,16-18H2. The van der Waals surface area contributed by atoms with E-state index in [9.17, 15) is 17.6 Å². The number of imidazole rings is 1. The van der Waals surface area contributed by atoms with Gasteiger partial charge in [-0.25, -0.2) is 17.8 Å². The molecule has 4 rings (SSSR count). The molecular formula is C25H26FN3O3S. The van der Waals surface area contributed by atoms with Gasteiger partial charge in [0.15, 0.2) is 0 Å². The first-order chi connectivity index (χ1) is 15.9. The maximum absolute atomic E-state index is 13.7. The quantitative estimate of drug-likeness (QED) is 0.418. The van der Waals surface area contributed by atoms with E-state index in [4.69, 9.17) is 0 Å². The maximum Gasteiger partial charge on any atom is 0.254 e. The zero-order valence-electron chi connectivity index (χ0n) is 18.2. The SMILES string of the molecule is C=CCn1c(CN(CC2CC2)C(=O)c2cccc(F)c2)cnc1S(=O)(=O)Cc1ccccc1. The molecule has 0 N–H and O–H groups in total. The van der Waals surface area contributed by atoms with Crippen molar-refractivity contribution in [1.82, 2.24) is 14.5 Å². The fourth-order valence-electron chi connectivity index (χ4n) is 3.78. The third-order valence-corrected chi connectivity index (χ3v) is 7.17. The number of aromatic nitrogens is 2. The number of carbonyl (C=O) groups is 1. The Morgan fingerprint density at radius 1 is 1.18 bits per heavy atom. The number of allylic oxidation sites excluding steroid dienone is 1. The summed E-state index contributed by atoms with van der Waals surface area (Å²) in [4.78, 5) is 19.0. The van der Waals surface area contributed by atoms with Crippen LogP contribution in [0, 0.1) is 11.7 Å². The van der Waals surface area contributed by atoms with E-state index in [0.717, 1.165) is 12.8 Å². The van der Waals surface area contributed by atoms with Crippen molar-refractivity contribution < 1.29 is 17.6 Å². The molecule has 0 spiro atoms. The van der Waals surface area contributed by atoms with E-state index >= 15 is 0 Å². The third kappa shape index (κ3) is 5.57. The number of hydrogen-bond donors (Lipinski definition) is 0. The normalized spacial score (nSPS) is 13.6. The molecule has 8 heteroatoms. The molecule has 1 heterocycles. The highest BCUT2D eigenvalue weighted by atomic mass is 32.2. The van der Waals surface area contributed by atoms with Gasteiger partial charge >= 0.3 is 0 Å². The second-order valence-corrected chi connectivity index (χ2v) is 10.2. The Morgan fingerprint density at radius 2 is 1.94 bits per heavy atom. The molecule has 2 aromatic carbocycles. The third-order valence-electron chi connectivity index (χ3n) is 5.58. The summed E-state index contributed by atoms with van der Waals surface area (Å²) in [6.45, 7) is 4.69. The number of benzene rings is 2. The van der Waals surface area contributed by atoms with Crippen LogP contribution < -0.4 is 0 Å². The Bertz CT molecular complexity index is 1250. The Labute approximate surface area is 193 Å². The first-order valence-corrected chi connectivity index (χ1v) is 12.5. The lowest BCUT2D eigenvalue weighted by Gasteiger charge is -2.23. The molecule has 1 aliphatic rings. The van der Waals surface area contributed by atoms with E-state index in [1.807, 2.05) is 6.07 Å². The predicted octanol–water partition coefficient (Wildman–Crippen LogP) is 4.23. The average molecular weight is 468 g/mol. The van der Waals surface area contributed by atoms with E-state index in [1.54, 1.807) is 45.9 Å². The minimum absolute atomic E-state index is 0.0502. The average Bonchev–Trinajstić information content (AvgIpc) is 3.52. The summed E-state index contributed by atoms with van der Waals surface area (Å²) in [5, 5.41) is -0.0502. The van der Waals surface area contributed by atoms with Crippen LogP contribution in [0.25, 0.3) is 0 Å². The number of rotatable bonds is 10. The Kier molecular flexibility index (Phi) is 6.74. The number of halogens is 1. The van der Waals surface area contributed by atoms with Gasteiger partial charge in [-0.1, -0.05) is 42.5 Å². The lowest BCUT2D eigenvalue weighted by molar-refractivity contribution is 0.0730. The Balaban J connectivity index is 1.63. The van der Waals surface area contributed by atoms with Crippen molar-refractivity contribution in [2.45, 2.75) is 36.8 Å². The van der Waals surface area contributed by atoms with E-state index in [2.05, 4.69) is 11.6 Å². The van der Waals surface area contributed by atoms with Crippen LogP contribution in [0.2, 0.25) is 0 Å². The van der Waals surface area contributed by atoms with Crippen LogP contribution >= 0.6 is 0 Å². The largest absolute Gasteiger partial charge is 0.332 e. The predicted molar refractivity (Wildman–Crippen MR) is 124 cm³/mol. The van der Waals surface area contributed by atoms with Gasteiger partial charge in [-0.3, -0.25) is 4.79 Å². The topological polar surface area (TPSA) is 72.3 Å². The van der Waals surface area contributed by atoms with E-state index in [1.165, 1.54) is 24.4 Å². The van der Waals surface area contributed by atoms with Crippen molar-refractivity contribution in [2.75, 3.05) is 6.54 Å². The number of carbonyl (C=O) groups excluding carboxylic acids is 1. The van der Waals surface area contributed by atoms with Crippen LogP contribution in [-0.4, -0.2) is 35.3 Å². The van der Waals surface area contributed by atoms with Crippen LogP contribution in [0.15, 0.2) is 78.6 Å². The second kappa shape index (κ2) is 9.70. The van der Waals surface area contributed by atoms with E-state index in [0.29, 0.717) is 23.7 Å². The van der Waals surface area contributed by atoms with Crippen molar-refractivity contribution in [2.24, 2.45) is 5.92 Å². The van der Waals surface area contributed by atoms with Crippen LogP contribution in [-0.2, 0) is 28.7 Å². The van der Waals surface area contributed by atoms with Gasteiger partial charge in [0.05, 0.1) is 24.2 Å². The zero-order valence-corrected chi connectivity index (χ0v) is 19.0. The molecule has 0 atom stereocenters. The number of sulfone groups is 1. The van der Waals surface area contributed by atoms with Crippen LogP contribution in [0.1, 0.15) is 34.5 Å². The van der Waals surface area contributed by atoms with Crippen molar-refractivity contribution in [3.05, 3.63) is 96.1 Å². The first-order valence-electron chi connectivity index (χ1n) is 10.8. The van der Waals surface area contributed by atoms with Crippen molar-refractivity contribution >= 4 is 15.7 Å². The summed E-state index contributed by atoms with van der Waals surface area (Å²) < 4.78 is 41.6. The molecule has 0 radical (unpaired) electrons. The van der Waals surface area contributed by atoms with Gasteiger partial charge in [0.2, 0.25) is 15.0 Å². The molecule has 1 fully saturated rings. The molecule has 33 heavy (non-hydrogen) atoms. The smallest absolute Gasteiger partial charge is 0.254 e. The molecule has 1 saturated carbocycles. The number of nitrogens with zero attached hydrogens (tertiary/aromatic N) is 3. The monoisotopic (exact) mass is 467 g/mol. The summed E-state index contributed by atoms with van der Waals surface area (Å²) in [5.74, 6) is -0.533. The summed E-state index contributed by atoms with van der Waals surface area (Å²) in [6, 6.07) is 14.5. The van der Waals surface area contributed by atoms with Gasteiger partial charge < -0.3 is 9.47 Å². The minimum Gasteiger partial charge on any atom is -0.332 e. The lowest BCUT2D eigenvalue weighted by Crippen LogP contribution is -2.33. The molecule has 0 unspecified atom stereocenters. The molecule has 1 amide bonds. The van der Waals surface area contributed by atoms with Crippen LogP contribution in [0.3, 0.4) is 0 Å². The minimum atomic E-state index is -3.72. The summed E-state index contributed by atoms with van der Waals surface area (Å²) in [6.07, 6.45) is 5.18. The van der Waals surface area contributed by atoms with Gasteiger partial charge in [0.25, 0.3) is 5.91 Å². The van der Waals surface area contributed by atoms with Crippen LogP contribution in [0.5, 0.6) is 0 Å². The van der Waals surface area contributed by atoms with E-state index < -0.39 is 15.7 Å². The van der Waals surface area contributed by atoms with Crippen LogP contribution in [0.4, 0.5) is 4.39 Å². The Hall–Kier alpha value is -3.26. The second-order valence-electron chi connectivity index (χ2n) is 8.32. The molecule has 172 valence electrons. The molecule has 6 nitrogen and oxygen atoms in total. The molecule has 0 bridgehead atoms. The Morgan fingerprint density at radius 3 is 2.61 bits per heavy atom. The highest BCUT2D eigenvalue weighted by Crippen LogP contribution is 2.31. The molecule has 0 saturated heterocycles. The van der Waals surface area contributed by atoms with E-state index in [-0.39, 0.29) is 35.5 Å². The summed E-state index contributed by atoms with van der Waals surface area (Å²) >= 11 is 0. The first kappa shape index (κ1) is 22.9. The molecule has 3 aromatic rings. The lowest BCUT2D eigenvalue weighted by atomic mass is 10.1. The van der Waals surface area contributed by atoms with Gasteiger partial charge in [0.1, 0.15) is 5.82 Å². The number of hydrogen-bond acceptors (Lipinski definition) is 4. The highest BCUT2D eigenvalue weighted by Gasteiger charge is 2.30. The summed E-state index contributed by atoms with van der Waals surface area (Å²) in [5.41, 5.74) is 1.53.